The van der Waals surface area contributed by atoms with Crippen molar-refractivity contribution in [3.8, 4) is 0 Å². The van der Waals surface area contributed by atoms with Gasteiger partial charge in [0.1, 0.15) is 6.10 Å². The number of carbonyl (C=O) groups is 2. The highest BCUT2D eigenvalue weighted by Gasteiger charge is 2.74. The van der Waals surface area contributed by atoms with Crippen LogP contribution in [0.5, 0.6) is 0 Å². The summed E-state index contributed by atoms with van der Waals surface area (Å²) >= 11 is 0. The van der Waals surface area contributed by atoms with E-state index >= 15 is 0 Å². The molecule has 7 aliphatic carbocycles. The van der Waals surface area contributed by atoms with Crippen molar-refractivity contribution >= 4 is 11.9 Å². The summed E-state index contributed by atoms with van der Waals surface area (Å²) in [6.45, 7) is 11.3. The third-order valence-corrected chi connectivity index (χ3v) is 16.5. The Morgan fingerprint density at radius 3 is 2.33 bits per heavy atom. The van der Waals surface area contributed by atoms with Crippen LogP contribution in [0.25, 0.3) is 0 Å². The van der Waals surface area contributed by atoms with Crippen molar-refractivity contribution in [1.29, 1.82) is 0 Å². The summed E-state index contributed by atoms with van der Waals surface area (Å²) in [6, 6.07) is 14.5. The van der Waals surface area contributed by atoms with E-state index in [2.05, 4.69) is 46.8 Å². The summed E-state index contributed by atoms with van der Waals surface area (Å²) < 4.78 is 48.4. The predicted octanol–water partition coefficient (Wildman–Crippen LogP) is 10.6. The van der Waals surface area contributed by atoms with Crippen LogP contribution in [0.15, 0.2) is 78.4 Å². The van der Waals surface area contributed by atoms with E-state index in [1.165, 1.54) is 12.1 Å². The van der Waals surface area contributed by atoms with E-state index < -0.39 is 51.6 Å². The van der Waals surface area contributed by atoms with Crippen LogP contribution in [-0.4, -0.2) is 51.3 Å². The van der Waals surface area contributed by atoms with Gasteiger partial charge in [0, 0.05) is 33.9 Å². The van der Waals surface area contributed by atoms with E-state index in [1.807, 2.05) is 36.4 Å². The topological polar surface area (TPSA) is 87.1 Å². The number of alkyl halides is 3. The van der Waals surface area contributed by atoms with Crippen LogP contribution in [0, 0.1) is 51.2 Å². The first-order valence-corrected chi connectivity index (χ1v) is 21.4. The number of Topliss-reactive ketones (excluding diaryl/α,β-unsaturated/α-hetero) is 1. The minimum atomic E-state index is -4.61. The lowest BCUT2D eigenvalue weighted by Crippen LogP contribution is -2.67. The largest absolute Gasteiger partial charge is 0.446 e. The number of benzene rings is 2. The van der Waals surface area contributed by atoms with Gasteiger partial charge in [-0.15, -0.1) is 0 Å². The number of halogens is 3. The highest BCUT2D eigenvalue weighted by molar-refractivity contribution is 6.10. The predicted molar refractivity (Wildman–Crippen MR) is 213 cm³/mol. The molecule has 4 fully saturated rings. The monoisotopic (exact) mass is 787 g/mol. The van der Waals surface area contributed by atoms with Crippen molar-refractivity contribution in [2.75, 3.05) is 6.54 Å². The normalized spacial score (nSPS) is 39.5. The molecule has 11 atom stereocenters. The molecule has 57 heavy (non-hydrogen) atoms. The molecule has 2 N–H and O–H groups in total. The molecule has 2 spiro atoms. The Kier molecular flexibility index (Phi) is 9.98. The Balaban J connectivity index is 1.18. The second-order valence-electron chi connectivity index (χ2n) is 19.8. The Morgan fingerprint density at radius 1 is 0.912 bits per heavy atom. The summed E-state index contributed by atoms with van der Waals surface area (Å²) in [5.41, 5.74) is -3.31. The van der Waals surface area contributed by atoms with Crippen LogP contribution >= 0.6 is 0 Å². The molecule has 0 saturated heterocycles. The van der Waals surface area contributed by atoms with Crippen LogP contribution < -0.4 is 0 Å². The lowest BCUT2D eigenvalue weighted by molar-refractivity contribution is -0.175. The average molecular weight is 788 g/mol. The molecule has 9 rings (SSSR count). The second kappa shape index (κ2) is 14.1. The minimum Gasteiger partial charge on any atom is -0.446 e. The van der Waals surface area contributed by atoms with Crippen LogP contribution in [0.1, 0.15) is 120 Å². The van der Waals surface area contributed by atoms with Crippen molar-refractivity contribution < 1.29 is 37.7 Å². The zero-order valence-electron chi connectivity index (χ0n) is 34.2. The third kappa shape index (κ3) is 6.34. The highest BCUT2D eigenvalue weighted by Crippen LogP contribution is 2.78. The van der Waals surface area contributed by atoms with E-state index in [4.69, 9.17) is 4.74 Å². The summed E-state index contributed by atoms with van der Waals surface area (Å²) in [6.07, 6.45) is 7.68. The Labute approximate surface area is 335 Å². The van der Waals surface area contributed by atoms with Gasteiger partial charge in [-0.2, -0.15) is 13.2 Å². The lowest BCUT2D eigenvalue weighted by Gasteiger charge is -2.71. The van der Waals surface area contributed by atoms with Gasteiger partial charge in [-0.1, -0.05) is 102 Å². The zero-order chi connectivity index (χ0) is 40.8. The quantitative estimate of drug-likeness (QED) is 0.206. The number of hydrogen-bond acceptors (Lipinski definition) is 5. The van der Waals surface area contributed by atoms with E-state index in [-0.39, 0.29) is 47.9 Å². The van der Waals surface area contributed by atoms with Crippen molar-refractivity contribution in [1.82, 2.24) is 4.90 Å². The summed E-state index contributed by atoms with van der Waals surface area (Å²) in [5, 5.41) is 24.2. The number of nitrogens with zero attached hydrogens (tertiary/aromatic N) is 1. The minimum absolute atomic E-state index is 0.00587. The molecule has 9 heteroatoms. The Hall–Kier alpha value is -3.43. The van der Waals surface area contributed by atoms with Gasteiger partial charge >= 0.3 is 12.3 Å². The Bertz CT molecular complexity index is 1940. The van der Waals surface area contributed by atoms with Crippen molar-refractivity contribution in [3.63, 3.8) is 0 Å². The van der Waals surface area contributed by atoms with Gasteiger partial charge in [-0.05, 0) is 110 Å². The van der Waals surface area contributed by atoms with Crippen LogP contribution in [0.3, 0.4) is 0 Å². The molecular formula is C48H60F3NO5. The molecule has 0 radical (unpaired) electrons. The molecule has 308 valence electrons. The van der Waals surface area contributed by atoms with Gasteiger partial charge in [0.25, 0.3) is 0 Å². The van der Waals surface area contributed by atoms with Gasteiger partial charge in [0.2, 0.25) is 0 Å². The number of hydrogen-bond donors (Lipinski definition) is 2. The SMILES string of the molecule is CC(C)[C@H]1CC[C@H](C)C[C@@H]1OC(=O)N(Cc1ccccc1)C[C@]1(O)CC[C@H]2[C@]34C=C[C@@]5(C=C3C(=O)c3cccc(C(F)(F)F)c3)CC(O)CC[C@]5(C)[C@H]4CC[C@@]21C. The van der Waals surface area contributed by atoms with Crippen molar-refractivity contribution in [3.05, 3.63) is 95.1 Å². The number of ketones is 1. The number of allylic oxidation sites excluding steroid dienone is 4. The molecule has 2 aromatic carbocycles. The van der Waals surface area contributed by atoms with Gasteiger partial charge in [0.15, 0.2) is 5.78 Å². The lowest BCUT2D eigenvalue weighted by atomic mass is 9.32. The standard InChI is InChI=1S/C48H60F3NO5/c1-30(2)36-15-14-31(3)24-38(36)57-42(55)52(28-32-10-7-6-8-11-32)29-46(56)21-18-40-44(46,5)20-17-39-43(4)19-16-35(53)26-45(43)22-23-47(39,40)37(27-45)41(54)33-12-9-13-34(25-33)48(49,50)51/h6-13,22-23,25,27,30-31,35-36,38-40,53,56H,14-21,24,26,28-29H2,1-5H3/t31-,35?,36+,38-,39+,40+,43+,44-,45-,46+,47+/m0/s1. The van der Waals surface area contributed by atoms with Crippen LogP contribution in [-0.2, 0) is 17.5 Å². The van der Waals surface area contributed by atoms with Crippen LogP contribution in [0.4, 0.5) is 18.0 Å². The van der Waals surface area contributed by atoms with Crippen molar-refractivity contribution in [2.45, 2.75) is 129 Å². The average Bonchev–Trinajstić information content (AvgIpc) is 3.44. The van der Waals surface area contributed by atoms with E-state index in [0.717, 1.165) is 43.4 Å². The Morgan fingerprint density at radius 2 is 1.61 bits per heavy atom. The number of aliphatic hydroxyl groups excluding tert-OH is 1. The van der Waals surface area contributed by atoms with E-state index in [1.54, 1.807) is 4.90 Å². The first-order valence-electron chi connectivity index (χ1n) is 21.4. The smallest absolute Gasteiger partial charge is 0.416 e. The molecule has 6 nitrogen and oxygen atoms in total. The van der Waals surface area contributed by atoms with E-state index in [0.29, 0.717) is 55.9 Å². The zero-order valence-corrected chi connectivity index (χ0v) is 34.2. The summed E-state index contributed by atoms with van der Waals surface area (Å²) in [7, 11) is 0. The number of amides is 1. The van der Waals surface area contributed by atoms with Gasteiger partial charge in [0.05, 0.1) is 23.8 Å². The number of carbonyl (C=O) groups excluding carboxylic acids is 2. The molecule has 2 aromatic rings. The number of fused-ring (bicyclic) bond motifs is 1. The fourth-order valence-electron chi connectivity index (χ4n) is 13.3. The maximum absolute atomic E-state index is 14.9. The summed E-state index contributed by atoms with van der Waals surface area (Å²) in [5.74, 6) is 0.386. The number of rotatable bonds is 8. The molecule has 1 amide bonds. The molecule has 0 aliphatic heterocycles. The number of ether oxygens (including phenoxy) is 1. The molecular weight excluding hydrogens is 728 g/mol. The molecule has 0 aromatic heterocycles. The number of aliphatic hydroxyl groups is 2. The first-order chi connectivity index (χ1) is 26.9. The first kappa shape index (κ1) is 40.4. The second-order valence-corrected chi connectivity index (χ2v) is 19.8. The summed E-state index contributed by atoms with van der Waals surface area (Å²) in [4.78, 5) is 31.1. The maximum Gasteiger partial charge on any atom is 0.416 e. The fraction of sp³-hybridized carbons (Fsp3) is 0.625. The van der Waals surface area contributed by atoms with E-state index in [9.17, 15) is 33.0 Å². The fourth-order valence-corrected chi connectivity index (χ4v) is 13.3. The van der Waals surface area contributed by atoms with Gasteiger partial charge in [-0.25, -0.2) is 4.79 Å². The molecule has 0 heterocycles. The van der Waals surface area contributed by atoms with Crippen molar-refractivity contribution in [2.24, 2.45) is 51.2 Å². The van der Waals surface area contributed by atoms with Crippen LogP contribution in [0.2, 0.25) is 0 Å². The maximum atomic E-state index is 14.9. The molecule has 4 saturated carbocycles. The van der Waals surface area contributed by atoms with Gasteiger partial charge in [-0.3, -0.25) is 4.79 Å². The molecule has 1 unspecified atom stereocenters. The third-order valence-electron chi connectivity index (χ3n) is 16.5. The van der Waals surface area contributed by atoms with Gasteiger partial charge < -0.3 is 19.8 Å². The molecule has 2 bridgehead atoms. The molecule has 7 aliphatic rings. The highest BCUT2D eigenvalue weighted by atomic mass is 19.4.